The second-order valence-corrected chi connectivity index (χ2v) is 13.8. The first kappa shape index (κ1) is 30.5. The number of hydrogen-bond acceptors (Lipinski definition) is 4. The fourth-order valence-corrected chi connectivity index (χ4v) is 8.70. The number of hydrogen-bond donors (Lipinski definition) is 0. The Balaban J connectivity index is 1.02. The molecule has 4 aromatic carbocycles. The summed E-state index contributed by atoms with van der Waals surface area (Å²) < 4.78 is 23.2. The van der Waals surface area contributed by atoms with Crippen LogP contribution >= 0.6 is 15.8 Å². The van der Waals surface area contributed by atoms with Crippen molar-refractivity contribution in [3.8, 4) is 0 Å². The van der Waals surface area contributed by atoms with Crippen LogP contribution in [-0.4, -0.2) is 65.2 Å². The molecule has 4 nitrogen and oxygen atoms in total. The molecule has 0 N–H and O–H groups in total. The fourth-order valence-electron chi connectivity index (χ4n) is 4.32. The Morgan fingerprint density at radius 3 is 0.775 bits per heavy atom. The second-order valence-electron chi connectivity index (χ2n) is 9.09. The van der Waals surface area contributed by atoms with Crippen molar-refractivity contribution in [2.75, 3.05) is 65.2 Å². The standard InChI is InChI=1S/C34H40O4P2/c1-5-13-31(14-6-1)39(32-15-7-2-8-16-32)29-27-37-25-23-35-21-22-36-24-26-38-28-30-40(33-17-9-3-10-18-33)34-19-11-4-12-20-34/h1-20H,21-30H2. The van der Waals surface area contributed by atoms with Gasteiger partial charge in [0, 0.05) is 0 Å². The maximum atomic E-state index is 5.89. The SMILES string of the molecule is c1ccc(P(CCOCCOCCOCCOCCP(c2ccccc2)c2ccccc2)c2ccccc2)cc1. The molecule has 0 aliphatic rings. The molecule has 0 atom stereocenters. The molecule has 0 amide bonds. The van der Waals surface area contributed by atoms with Crippen molar-refractivity contribution >= 4 is 37.1 Å². The van der Waals surface area contributed by atoms with E-state index in [-0.39, 0.29) is 0 Å². The molecule has 40 heavy (non-hydrogen) atoms. The maximum Gasteiger partial charge on any atom is 0.0701 e. The molecule has 0 spiro atoms. The minimum absolute atomic E-state index is 0.415. The zero-order valence-corrected chi connectivity index (χ0v) is 24.9. The van der Waals surface area contributed by atoms with Gasteiger partial charge < -0.3 is 18.9 Å². The summed E-state index contributed by atoms with van der Waals surface area (Å²) in [4.78, 5) is 0. The highest BCUT2D eigenvalue weighted by atomic mass is 31.1. The molecule has 4 rings (SSSR count). The van der Waals surface area contributed by atoms with Crippen LogP contribution in [0.4, 0.5) is 0 Å². The third kappa shape index (κ3) is 10.9. The van der Waals surface area contributed by atoms with E-state index < -0.39 is 15.8 Å². The summed E-state index contributed by atoms with van der Waals surface area (Å²) >= 11 is 0. The van der Waals surface area contributed by atoms with Gasteiger partial charge in [0.2, 0.25) is 0 Å². The number of ether oxygens (including phenoxy) is 4. The molecule has 0 unspecified atom stereocenters. The highest BCUT2D eigenvalue weighted by Gasteiger charge is 2.14. The van der Waals surface area contributed by atoms with Crippen LogP contribution in [0.15, 0.2) is 121 Å². The molecule has 0 aromatic heterocycles. The van der Waals surface area contributed by atoms with Crippen LogP contribution in [0.1, 0.15) is 0 Å². The van der Waals surface area contributed by atoms with E-state index in [2.05, 4.69) is 121 Å². The van der Waals surface area contributed by atoms with Gasteiger partial charge in [-0.25, -0.2) is 0 Å². The molecule has 0 heterocycles. The summed E-state index contributed by atoms with van der Waals surface area (Å²) in [7, 11) is -0.829. The van der Waals surface area contributed by atoms with Gasteiger partial charge in [0.15, 0.2) is 0 Å². The van der Waals surface area contributed by atoms with Crippen LogP contribution in [0, 0.1) is 0 Å². The first-order chi connectivity index (χ1) is 19.9. The van der Waals surface area contributed by atoms with E-state index in [4.69, 9.17) is 18.9 Å². The first-order valence-corrected chi connectivity index (χ1v) is 17.0. The summed E-state index contributed by atoms with van der Waals surface area (Å²) in [5, 5.41) is 5.55. The quantitative estimate of drug-likeness (QED) is 0.112. The predicted octanol–water partition coefficient (Wildman–Crippen LogP) is 5.32. The molecular weight excluding hydrogens is 534 g/mol. The van der Waals surface area contributed by atoms with Crippen LogP contribution in [0.5, 0.6) is 0 Å². The van der Waals surface area contributed by atoms with Crippen LogP contribution in [-0.2, 0) is 18.9 Å². The monoisotopic (exact) mass is 574 g/mol. The van der Waals surface area contributed by atoms with E-state index in [1.165, 1.54) is 21.2 Å². The van der Waals surface area contributed by atoms with E-state index in [9.17, 15) is 0 Å². The molecule has 0 saturated heterocycles. The Labute approximate surface area is 242 Å². The van der Waals surface area contributed by atoms with Crippen LogP contribution in [0.3, 0.4) is 0 Å². The summed E-state index contributed by atoms with van der Waals surface area (Å²) in [6.45, 7) is 4.94. The van der Waals surface area contributed by atoms with Crippen molar-refractivity contribution in [1.82, 2.24) is 0 Å². The molecule has 0 fully saturated rings. The molecule has 4 aromatic rings. The van der Waals surface area contributed by atoms with Gasteiger partial charge in [-0.2, -0.15) is 0 Å². The lowest BCUT2D eigenvalue weighted by Gasteiger charge is -2.19. The summed E-state index contributed by atoms with van der Waals surface area (Å²) in [5.41, 5.74) is 0. The average Bonchev–Trinajstić information content (AvgIpc) is 3.03. The second kappa shape index (κ2) is 18.8. The lowest BCUT2D eigenvalue weighted by atomic mass is 10.4. The Kier molecular flexibility index (Phi) is 14.4. The van der Waals surface area contributed by atoms with Crippen molar-refractivity contribution in [1.29, 1.82) is 0 Å². The minimum atomic E-state index is -0.415. The highest BCUT2D eigenvalue weighted by molar-refractivity contribution is 7.73. The lowest BCUT2D eigenvalue weighted by Crippen LogP contribution is -2.18. The van der Waals surface area contributed by atoms with Gasteiger partial charge in [-0.05, 0) is 49.4 Å². The fraction of sp³-hybridized carbons (Fsp3) is 0.294. The number of benzene rings is 4. The molecule has 0 bridgehead atoms. The number of rotatable bonds is 19. The Morgan fingerprint density at radius 1 is 0.300 bits per heavy atom. The maximum absolute atomic E-state index is 5.89. The van der Waals surface area contributed by atoms with Crippen molar-refractivity contribution < 1.29 is 18.9 Å². The van der Waals surface area contributed by atoms with Crippen molar-refractivity contribution in [3.05, 3.63) is 121 Å². The summed E-state index contributed by atoms with van der Waals surface area (Å²) in [6, 6.07) is 43.0. The molecule has 0 aliphatic carbocycles. The Hall–Kier alpha value is -2.42. The zero-order chi connectivity index (χ0) is 27.5. The van der Waals surface area contributed by atoms with Gasteiger partial charge >= 0.3 is 0 Å². The van der Waals surface area contributed by atoms with E-state index in [0.29, 0.717) is 39.6 Å². The minimum Gasteiger partial charge on any atom is -0.379 e. The van der Waals surface area contributed by atoms with Crippen molar-refractivity contribution in [2.45, 2.75) is 0 Å². The normalized spacial score (nSPS) is 11.3. The highest BCUT2D eigenvalue weighted by Crippen LogP contribution is 2.33. The van der Waals surface area contributed by atoms with Crippen LogP contribution in [0.2, 0.25) is 0 Å². The largest absolute Gasteiger partial charge is 0.379 e. The predicted molar refractivity (Wildman–Crippen MR) is 171 cm³/mol. The summed E-state index contributed by atoms with van der Waals surface area (Å²) in [5.74, 6) is 0. The smallest absolute Gasteiger partial charge is 0.0701 e. The van der Waals surface area contributed by atoms with E-state index >= 15 is 0 Å². The third-order valence-corrected chi connectivity index (χ3v) is 11.3. The van der Waals surface area contributed by atoms with Crippen LogP contribution < -0.4 is 21.2 Å². The Bertz CT molecular complexity index is 990. The van der Waals surface area contributed by atoms with Crippen molar-refractivity contribution in [3.63, 3.8) is 0 Å². The first-order valence-electron chi connectivity index (χ1n) is 14.0. The van der Waals surface area contributed by atoms with Crippen LogP contribution in [0.25, 0.3) is 0 Å². The topological polar surface area (TPSA) is 36.9 Å². The van der Waals surface area contributed by atoms with E-state index in [0.717, 1.165) is 25.5 Å². The molecule has 6 heteroatoms. The molecule has 210 valence electrons. The average molecular weight is 575 g/mol. The molecular formula is C34H40O4P2. The van der Waals surface area contributed by atoms with E-state index in [1.54, 1.807) is 0 Å². The Morgan fingerprint density at radius 2 is 0.525 bits per heavy atom. The van der Waals surface area contributed by atoms with Gasteiger partial charge in [-0.1, -0.05) is 121 Å². The van der Waals surface area contributed by atoms with Gasteiger partial charge in [-0.3, -0.25) is 0 Å². The zero-order valence-electron chi connectivity index (χ0n) is 23.1. The molecule has 0 radical (unpaired) electrons. The van der Waals surface area contributed by atoms with E-state index in [1.807, 2.05) is 0 Å². The molecule has 0 aliphatic heterocycles. The lowest BCUT2D eigenvalue weighted by molar-refractivity contribution is 0.00138. The summed E-state index contributed by atoms with van der Waals surface area (Å²) in [6.07, 6.45) is 2.01. The van der Waals surface area contributed by atoms with Gasteiger partial charge in [0.05, 0.1) is 52.9 Å². The van der Waals surface area contributed by atoms with Gasteiger partial charge in [-0.15, -0.1) is 0 Å². The van der Waals surface area contributed by atoms with Crippen molar-refractivity contribution in [2.24, 2.45) is 0 Å². The van der Waals surface area contributed by atoms with Gasteiger partial charge in [0.25, 0.3) is 0 Å². The van der Waals surface area contributed by atoms with Gasteiger partial charge in [0.1, 0.15) is 0 Å². The third-order valence-electron chi connectivity index (χ3n) is 6.31. The molecule has 0 saturated carbocycles.